The quantitative estimate of drug-likeness (QED) is 0.294. The summed E-state index contributed by atoms with van der Waals surface area (Å²) in [6, 6.07) is 16.5. The van der Waals surface area contributed by atoms with E-state index in [0.717, 1.165) is 62.8 Å². The molecule has 4 heterocycles. The van der Waals surface area contributed by atoms with Gasteiger partial charge in [0.15, 0.2) is 0 Å². The van der Waals surface area contributed by atoms with Crippen LogP contribution in [0.5, 0.6) is 0 Å². The zero-order chi connectivity index (χ0) is 22.9. The number of nitrogens with one attached hydrogen (secondary N) is 4. The number of imidazole rings is 2. The molecule has 2 aliphatic rings. The molecule has 3 aromatic carbocycles. The maximum absolute atomic E-state index is 13.6. The number of hydrogen-bond donors (Lipinski definition) is 4. The average Bonchev–Trinajstić information content (AvgIpc) is 3.62. The van der Waals surface area contributed by atoms with Gasteiger partial charge in [-0.2, -0.15) is 0 Å². The lowest BCUT2D eigenvalue weighted by Gasteiger charge is -2.06. The maximum atomic E-state index is 13.6. The molecule has 0 radical (unpaired) electrons. The second-order valence-corrected chi connectivity index (χ2v) is 9.51. The number of nitrogens with zero attached hydrogens (tertiary/aromatic N) is 2. The highest BCUT2D eigenvalue weighted by Crippen LogP contribution is 2.35. The lowest BCUT2D eigenvalue weighted by Crippen LogP contribution is -2.19. The summed E-state index contributed by atoms with van der Waals surface area (Å²) in [4.78, 5) is 16.2. The number of fused-ring (bicyclic) bond motifs is 4. The molecule has 0 spiro atoms. The number of rotatable bonds is 3. The Hall–Kier alpha value is -3.36. The van der Waals surface area contributed by atoms with Gasteiger partial charge in [-0.25, -0.2) is 18.7 Å². The molecule has 0 unspecified atom stereocenters. The highest BCUT2D eigenvalue weighted by Gasteiger charge is 2.41. The third kappa shape index (κ3) is 3.28. The molecule has 0 saturated carbocycles. The molecule has 172 valence electrons. The predicted molar refractivity (Wildman–Crippen MR) is 129 cm³/mol. The van der Waals surface area contributed by atoms with Crippen molar-refractivity contribution in [2.75, 3.05) is 13.1 Å². The second kappa shape index (κ2) is 7.32. The van der Waals surface area contributed by atoms with E-state index in [1.807, 2.05) is 18.2 Å². The topological polar surface area (TPSA) is 81.4 Å². The van der Waals surface area contributed by atoms with Crippen LogP contribution in [0.25, 0.3) is 44.0 Å². The van der Waals surface area contributed by atoms with Crippen molar-refractivity contribution in [2.45, 2.75) is 37.3 Å². The first-order valence-electron chi connectivity index (χ1n) is 11.8. The fourth-order valence-electron chi connectivity index (χ4n) is 5.37. The molecular formula is C26H24F2N6. The number of hydrogen-bond acceptors (Lipinski definition) is 4. The summed E-state index contributed by atoms with van der Waals surface area (Å²) in [7, 11) is 0. The first-order chi connectivity index (χ1) is 16.5. The summed E-state index contributed by atoms with van der Waals surface area (Å²) in [6.45, 7) is 0.733. The SMILES string of the molecule is FC1(F)CN[C@H](c2nc3ccc(-c4ccc5c(ccc6nc([C@@H]7CCCN7)[nH]c65)c4)cc3[nH]2)C1. The molecule has 34 heavy (non-hydrogen) atoms. The Bertz CT molecular complexity index is 1550. The molecule has 0 aliphatic carbocycles. The molecular weight excluding hydrogens is 434 g/mol. The van der Waals surface area contributed by atoms with Crippen molar-refractivity contribution in [3.05, 3.63) is 60.2 Å². The normalized spacial score (nSPS) is 22.4. The predicted octanol–water partition coefficient (Wildman–Crippen LogP) is 5.35. The van der Waals surface area contributed by atoms with Crippen molar-refractivity contribution >= 4 is 32.8 Å². The Balaban J connectivity index is 1.24. The molecule has 0 amide bonds. The van der Waals surface area contributed by atoms with Crippen molar-refractivity contribution in [3.63, 3.8) is 0 Å². The van der Waals surface area contributed by atoms with Crippen LogP contribution in [-0.2, 0) is 0 Å². The largest absolute Gasteiger partial charge is 0.341 e. The van der Waals surface area contributed by atoms with E-state index in [9.17, 15) is 8.78 Å². The van der Waals surface area contributed by atoms with Crippen LogP contribution in [0.1, 0.15) is 43.0 Å². The minimum Gasteiger partial charge on any atom is -0.341 e. The van der Waals surface area contributed by atoms with Crippen LogP contribution in [0.3, 0.4) is 0 Å². The lowest BCUT2D eigenvalue weighted by atomic mass is 10.0. The van der Waals surface area contributed by atoms with Crippen molar-refractivity contribution in [3.8, 4) is 11.1 Å². The summed E-state index contributed by atoms with van der Waals surface area (Å²) in [5, 5.41) is 8.67. The molecule has 5 aromatic rings. The fourth-order valence-corrected chi connectivity index (χ4v) is 5.37. The molecule has 7 rings (SSSR count). The average molecular weight is 459 g/mol. The van der Waals surface area contributed by atoms with Gasteiger partial charge in [0.2, 0.25) is 0 Å². The van der Waals surface area contributed by atoms with E-state index in [1.165, 1.54) is 6.42 Å². The van der Waals surface area contributed by atoms with Gasteiger partial charge in [-0.1, -0.05) is 24.3 Å². The monoisotopic (exact) mass is 458 g/mol. The number of aromatic nitrogens is 4. The van der Waals surface area contributed by atoms with Crippen molar-refractivity contribution in [1.29, 1.82) is 0 Å². The van der Waals surface area contributed by atoms with Crippen LogP contribution >= 0.6 is 0 Å². The molecule has 2 atom stereocenters. The van der Waals surface area contributed by atoms with Crippen molar-refractivity contribution in [2.24, 2.45) is 0 Å². The highest BCUT2D eigenvalue weighted by atomic mass is 19.3. The Morgan fingerprint density at radius 2 is 1.62 bits per heavy atom. The number of aromatic amines is 2. The van der Waals surface area contributed by atoms with Gasteiger partial charge >= 0.3 is 0 Å². The number of alkyl halides is 2. The van der Waals surface area contributed by atoms with Gasteiger partial charge < -0.3 is 20.6 Å². The number of H-pyrrole nitrogens is 2. The van der Waals surface area contributed by atoms with E-state index in [0.29, 0.717) is 11.9 Å². The van der Waals surface area contributed by atoms with Crippen LogP contribution in [-0.4, -0.2) is 38.9 Å². The van der Waals surface area contributed by atoms with Crippen LogP contribution in [0.4, 0.5) is 8.78 Å². The van der Waals surface area contributed by atoms with Crippen LogP contribution in [0.2, 0.25) is 0 Å². The lowest BCUT2D eigenvalue weighted by molar-refractivity contribution is 0.0208. The van der Waals surface area contributed by atoms with E-state index in [-0.39, 0.29) is 13.0 Å². The molecule has 6 nitrogen and oxygen atoms in total. The van der Waals surface area contributed by atoms with E-state index in [4.69, 9.17) is 4.98 Å². The van der Waals surface area contributed by atoms with E-state index >= 15 is 0 Å². The van der Waals surface area contributed by atoms with Gasteiger partial charge in [0, 0.05) is 11.8 Å². The van der Waals surface area contributed by atoms with Crippen LogP contribution < -0.4 is 10.6 Å². The fraction of sp³-hybridized carbons (Fsp3) is 0.308. The highest BCUT2D eigenvalue weighted by molar-refractivity contribution is 6.05. The molecule has 2 aliphatic heterocycles. The van der Waals surface area contributed by atoms with Gasteiger partial charge in [-0.05, 0) is 60.2 Å². The number of halogens is 2. The first-order valence-corrected chi connectivity index (χ1v) is 11.8. The minimum absolute atomic E-state index is 0.231. The van der Waals surface area contributed by atoms with E-state index < -0.39 is 12.0 Å². The molecule has 2 fully saturated rings. The molecule has 2 saturated heterocycles. The minimum atomic E-state index is -2.69. The van der Waals surface area contributed by atoms with Crippen molar-refractivity contribution in [1.82, 2.24) is 30.6 Å². The standard InChI is InChI=1S/C26H24F2N6/c27-26(28)12-22(30-13-26)25-31-18-7-4-15(11-21(18)33-25)14-3-6-17-16(10-14)5-8-19-23(17)34-24(32-19)20-2-1-9-29-20/h3-8,10-11,20,22,29-30H,1-2,9,12-13H2,(H,31,33)(H,32,34)/t20-,22-/m0/s1. The van der Waals surface area contributed by atoms with Gasteiger partial charge in [-0.3, -0.25) is 0 Å². The first kappa shape index (κ1) is 20.1. The third-order valence-corrected chi connectivity index (χ3v) is 7.16. The number of benzene rings is 3. The Labute approximate surface area is 194 Å². The Morgan fingerprint density at radius 1 is 0.824 bits per heavy atom. The summed E-state index contributed by atoms with van der Waals surface area (Å²) < 4.78 is 27.2. The summed E-state index contributed by atoms with van der Waals surface area (Å²) >= 11 is 0. The third-order valence-electron chi connectivity index (χ3n) is 7.16. The van der Waals surface area contributed by atoms with Crippen LogP contribution in [0, 0.1) is 0 Å². The zero-order valence-corrected chi connectivity index (χ0v) is 18.5. The van der Waals surface area contributed by atoms with E-state index in [1.54, 1.807) is 0 Å². The summed E-state index contributed by atoms with van der Waals surface area (Å²) in [5.41, 5.74) is 5.83. The van der Waals surface area contributed by atoms with Gasteiger partial charge in [0.05, 0.1) is 40.7 Å². The van der Waals surface area contributed by atoms with Crippen LogP contribution in [0.15, 0.2) is 48.5 Å². The zero-order valence-electron chi connectivity index (χ0n) is 18.5. The molecule has 0 bridgehead atoms. The molecule has 4 N–H and O–H groups in total. The van der Waals surface area contributed by atoms with Crippen molar-refractivity contribution < 1.29 is 8.78 Å². The van der Waals surface area contributed by atoms with Gasteiger partial charge in [0.25, 0.3) is 5.92 Å². The Kier molecular flexibility index (Phi) is 4.32. The summed E-state index contributed by atoms with van der Waals surface area (Å²) in [6.07, 6.45) is 2.06. The second-order valence-electron chi connectivity index (χ2n) is 9.51. The summed E-state index contributed by atoms with van der Waals surface area (Å²) in [5.74, 6) is -1.11. The van der Waals surface area contributed by atoms with Gasteiger partial charge in [-0.15, -0.1) is 0 Å². The maximum Gasteiger partial charge on any atom is 0.262 e. The van der Waals surface area contributed by atoms with E-state index in [2.05, 4.69) is 55.9 Å². The molecule has 2 aromatic heterocycles. The van der Waals surface area contributed by atoms with Gasteiger partial charge in [0.1, 0.15) is 11.6 Å². The Morgan fingerprint density at radius 3 is 2.44 bits per heavy atom. The molecule has 8 heteroatoms. The smallest absolute Gasteiger partial charge is 0.262 e.